The van der Waals surface area contributed by atoms with Crippen LogP contribution in [0, 0.1) is 5.92 Å². The van der Waals surface area contributed by atoms with E-state index in [4.69, 9.17) is 9.53 Å². The molecule has 0 saturated heterocycles. The van der Waals surface area contributed by atoms with Crippen LogP contribution in [0.3, 0.4) is 0 Å². The van der Waals surface area contributed by atoms with Crippen LogP contribution in [0.15, 0.2) is 0 Å². The van der Waals surface area contributed by atoms with Crippen molar-refractivity contribution >= 4 is 6.16 Å². The van der Waals surface area contributed by atoms with Crippen molar-refractivity contribution in [3.8, 4) is 0 Å². The van der Waals surface area contributed by atoms with Gasteiger partial charge in [-0.15, -0.1) is 0 Å². The maximum Gasteiger partial charge on any atom is 0.712 e. The summed E-state index contributed by atoms with van der Waals surface area (Å²) in [6, 6.07) is 0. The van der Waals surface area contributed by atoms with E-state index >= 15 is 0 Å². The molecule has 54 valence electrons. The highest BCUT2D eigenvalue weighted by atomic mass is 16.7. The van der Waals surface area contributed by atoms with Gasteiger partial charge in [-0.05, 0) is 0 Å². The van der Waals surface area contributed by atoms with E-state index in [9.17, 15) is 0 Å². The van der Waals surface area contributed by atoms with Gasteiger partial charge < -0.3 is 14.3 Å². The molecular weight excluding hydrogens is 120 g/mol. The summed E-state index contributed by atoms with van der Waals surface area (Å²) in [6.45, 7) is 4.46. The van der Waals surface area contributed by atoms with Crippen molar-refractivity contribution in [1.82, 2.24) is 0 Å². The molecule has 0 aromatic heterocycles. The Balaban J connectivity index is 3.17. The number of carbonyl (C=O) groups excluding carboxylic acids is 1. The zero-order valence-electron chi connectivity index (χ0n) is 6.05. The zero-order chi connectivity index (χ0) is 7.28. The van der Waals surface area contributed by atoms with Gasteiger partial charge in [0.15, 0.2) is 6.61 Å². The first-order valence-corrected chi connectivity index (χ1v) is 2.89. The Bertz CT molecular complexity index is 88.3. The van der Waals surface area contributed by atoms with Gasteiger partial charge in [0.2, 0.25) is 0 Å². The number of hydrogen-bond acceptors (Lipinski definition) is 2. The molecule has 0 saturated carbocycles. The van der Waals surface area contributed by atoms with E-state index in [1.54, 1.807) is 0 Å². The SMILES string of the molecule is COC(=[OH+])OCC(C)C. The molecule has 1 N–H and O–H groups in total. The van der Waals surface area contributed by atoms with Crippen LogP contribution < -0.4 is 0 Å². The fraction of sp³-hybridized carbons (Fsp3) is 0.833. The summed E-state index contributed by atoms with van der Waals surface area (Å²) in [5.74, 6) is 0.405. The zero-order valence-corrected chi connectivity index (χ0v) is 6.05. The Labute approximate surface area is 55.0 Å². The summed E-state index contributed by atoms with van der Waals surface area (Å²) < 4.78 is 9.05. The minimum Gasteiger partial charge on any atom is -0.336 e. The van der Waals surface area contributed by atoms with Crippen LogP contribution in [0.25, 0.3) is 0 Å². The molecule has 3 nitrogen and oxygen atoms in total. The van der Waals surface area contributed by atoms with Crippen molar-refractivity contribution < 1.29 is 14.3 Å². The number of ether oxygens (including phenoxy) is 2. The molecule has 0 aromatic rings. The second kappa shape index (κ2) is 4.18. The average molecular weight is 133 g/mol. The molecule has 0 aliphatic rings. The minimum atomic E-state index is -0.358. The second-order valence-corrected chi connectivity index (χ2v) is 2.17. The number of rotatable bonds is 2. The molecule has 0 radical (unpaired) electrons. The van der Waals surface area contributed by atoms with Crippen molar-refractivity contribution in [2.45, 2.75) is 13.8 Å². The van der Waals surface area contributed by atoms with Gasteiger partial charge in [0.05, 0.1) is 0 Å². The Hall–Kier alpha value is -0.730. The van der Waals surface area contributed by atoms with E-state index < -0.39 is 0 Å². The summed E-state index contributed by atoms with van der Waals surface area (Å²) >= 11 is 0. The van der Waals surface area contributed by atoms with Gasteiger partial charge in [-0.25, -0.2) is 0 Å². The van der Waals surface area contributed by atoms with Gasteiger partial charge in [-0.3, -0.25) is 0 Å². The van der Waals surface area contributed by atoms with Gasteiger partial charge in [-0.1, -0.05) is 13.8 Å². The van der Waals surface area contributed by atoms with Crippen molar-refractivity contribution in [2.75, 3.05) is 13.7 Å². The highest BCUT2D eigenvalue weighted by Gasteiger charge is 2.11. The second-order valence-electron chi connectivity index (χ2n) is 2.17. The van der Waals surface area contributed by atoms with Crippen LogP contribution in [-0.2, 0) is 9.47 Å². The lowest BCUT2D eigenvalue weighted by Gasteiger charge is -1.96. The van der Waals surface area contributed by atoms with E-state index in [0.717, 1.165) is 0 Å². The summed E-state index contributed by atoms with van der Waals surface area (Å²) in [7, 11) is 1.36. The molecule has 0 amide bonds. The molecule has 0 spiro atoms. The molecule has 0 aliphatic carbocycles. The Morgan fingerprint density at radius 1 is 1.56 bits per heavy atom. The molecule has 0 unspecified atom stereocenters. The Morgan fingerprint density at radius 3 is 2.44 bits per heavy atom. The summed E-state index contributed by atoms with van der Waals surface area (Å²) in [5.41, 5.74) is 0. The first-order chi connectivity index (χ1) is 4.16. The highest BCUT2D eigenvalue weighted by molar-refractivity contribution is 5.60. The van der Waals surface area contributed by atoms with Gasteiger partial charge >= 0.3 is 6.16 Å². The third-order valence-electron chi connectivity index (χ3n) is 0.715. The monoisotopic (exact) mass is 133 g/mol. The van der Waals surface area contributed by atoms with E-state index in [2.05, 4.69) is 4.74 Å². The average Bonchev–Trinajstić information content (AvgIpc) is 1.83. The lowest BCUT2D eigenvalue weighted by atomic mass is 10.2. The normalized spacial score (nSPS) is 9.33. The van der Waals surface area contributed by atoms with Crippen LogP contribution in [0.1, 0.15) is 13.8 Å². The predicted molar refractivity (Wildman–Crippen MR) is 34.7 cm³/mol. The Kier molecular flexibility index (Phi) is 3.84. The summed E-state index contributed by atoms with van der Waals surface area (Å²) in [4.78, 5) is 8.58. The highest BCUT2D eigenvalue weighted by Crippen LogP contribution is 1.91. The summed E-state index contributed by atoms with van der Waals surface area (Å²) in [6.07, 6.45) is -0.358. The third-order valence-corrected chi connectivity index (χ3v) is 0.715. The first-order valence-electron chi connectivity index (χ1n) is 2.89. The smallest absolute Gasteiger partial charge is 0.336 e. The van der Waals surface area contributed by atoms with Crippen molar-refractivity contribution in [3.05, 3.63) is 0 Å². The van der Waals surface area contributed by atoms with Gasteiger partial charge in [-0.2, -0.15) is 0 Å². The lowest BCUT2D eigenvalue weighted by Crippen LogP contribution is -2.11. The fourth-order valence-electron chi connectivity index (χ4n) is 0.297. The molecule has 3 heteroatoms. The number of hydrogen-bond donors (Lipinski definition) is 0. The maximum absolute atomic E-state index is 8.58. The van der Waals surface area contributed by atoms with Crippen molar-refractivity contribution in [3.63, 3.8) is 0 Å². The van der Waals surface area contributed by atoms with Crippen LogP contribution in [0.4, 0.5) is 0 Å². The molecular formula is C6H13O3+. The molecule has 0 atom stereocenters. The van der Waals surface area contributed by atoms with Crippen LogP contribution in [0.2, 0.25) is 0 Å². The fourth-order valence-corrected chi connectivity index (χ4v) is 0.297. The lowest BCUT2D eigenvalue weighted by molar-refractivity contribution is 0.141. The van der Waals surface area contributed by atoms with E-state index in [-0.39, 0.29) is 6.16 Å². The van der Waals surface area contributed by atoms with E-state index in [1.807, 2.05) is 13.8 Å². The van der Waals surface area contributed by atoms with E-state index in [1.165, 1.54) is 7.11 Å². The summed E-state index contributed by atoms with van der Waals surface area (Å²) in [5, 5.41) is 0. The number of methoxy groups -OCH3 is 1. The largest absolute Gasteiger partial charge is 0.712 e. The Morgan fingerprint density at radius 2 is 2.11 bits per heavy atom. The predicted octanol–water partition coefficient (Wildman–Crippen LogP) is 0.765. The van der Waals surface area contributed by atoms with Crippen molar-refractivity contribution in [1.29, 1.82) is 0 Å². The third kappa shape index (κ3) is 5.14. The molecule has 0 bridgehead atoms. The van der Waals surface area contributed by atoms with Crippen molar-refractivity contribution in [2.24, 2.45) is 5.92 Å². The van der Waals surface area contributed by atoms with E-state index in [0.29, 0.717) is 12.5 Å². The molecule has 0 fully saturated rings. The molecule has 0 aliphatic heterocycles. The van der Waals surface area contributed by atoms with Crippen LogP contribution in [-0.4, -0.2) is 24.7 Å². The molecule has 0 aromatic carbocycles. The topological polar surface area (TPSA) is 39.9 Å². The van der Waals surface area contributed by atoms with Gasteiger partial charge in [0.25, 0.3) is 0 Å². The van der Waals surface area contributed by atoms with Crippen LogP contribution >= 0.6 is 0 Å². The minimum absolute atomic E-state index is 0.358. The van der Waals surface area contributed by atoms with Crippen LogP contribution in [0.5, 0.6) is 0 Å². The first kappa shape index (κ1) is 8.27. The molecule has 0 heterocycles. The quantitative estimate of drug-likeness (QED) is 0.412. The molecule has 0 rings (SSSR count). The molecule has 9 heavy (non-hydrogen) atoms. The maximum atomic E-state index is 8.58. The standard InChI is InChI=1S/C6H12O3/c1-5(2)4-9-6(7)8-3/h5H,4H2,1-3H3/p+1. The van der Waals surface area contributed by atoms with Gasteiger partial charge in [0, 0.05) is 5.92 Å². The van der Waals surface area contributed by atoms with Gasteiger partial charge in [0.1, 0.15) is 7.11 Å².